The summed E-state index contributed by atoms with van der Waals surface area (Å²) in [4.78, 5) is 10.8. The largest absolute Gasteiger partial charge is 0.355 e. The van der Waals surface area contributed by atoms with Crippen molar-refractivity contribution in [2.45, 2.75) is 26.2 Å². The quantitative estimate of drug-likeness (QED) is 0.581. The Balaban J connectivity index is 3.09. The molecule has 3 N–H and O–H groups in total. The van der Waals surface area contributed by atoms with Gasteiger partial charge in [-0.1, -0.05) is 13.3 Å². The fourth-order valence-electron chi connectivity index (χ4n) is 0.637. The van der Waals surface area contributed by atoms with Gasteiger partial charge in [0.2, 0.25) is 5.91 Å². The highest BCUT2D eigenvalue weighted by atomic mass is 16.1. The third-order valence-electron chi connectivity index (χ3n) is 1.22. The Morgan fingerprint density at radius 1 is 1.60 bits per heavy atom. The van der Waals surface area contributed by atoms with E-state index in [0.29, 0.717) is 19.5 Å². The molecule has 0 fully saturated rings. The molecule has 0 aliphatic carbocycles. The van der Waals surface area contributed by atoms with Crippen molar-refractivity contribution < 1.29 is 4.79 Å². The number of nitrogens with one attached hydrogen (secondary N) is 1. The molecule has 0 saturated heterocycles. The van der Waals surface area contributed by atoms with Gasteiger partial charge in [0.1, 0.15) is 0 Å². The van der Waals surface area contributed by atoms with Gasteiger partial charge in [0.15, 0.2) is 0 Å². The van der Waals surface area contributed by atoms with Gasteiger partial charge in [-0.25, -0.2) is 0 Å². The summed E-state index contributed by atoms with van der Waals surface area (Å²) in [5, 5.41) is 2.70. The van der Waals surface area contributed by atoms with Gasteiger partial charge in [-0.15, -0.1) is 0 Å². The van der Waals surface area contributed by atoms with Crippen LogP contribution in [0.5, 0.6) is 0 Å². The van der Waals surface area contributed by atoms with Crippen LogP contribution in [-0.4, -0.2) is 19.0 Å². The smallest absolute Gasteiger partial charge is 0.220 e. The summed E-state index contributed by atoms with van der Waals surface area (Å²) >= 11 is 0. The van der Waals surface area contributed by atoms with Crippen molar-refractivity contribution in [3.05, 3.63) is 0 Å². The maximum absolute atomic E-state index is 10.8. The first kappa shape index (κ1) is 9.43. The van der Waals surface area contributed by atoms with Crippen LogP contribution in [0.1, 0.15) is 26.2 Å². The lowest BCUT2D eigenvalue weighted by Gasteiger charge is -2.00. The number of hydrogen-bond acceptors (Lipinski definition) is 2. The van der Waals surface area contributed by atoms with Gasteiger partial charge in [-0.2, -0.15) is 0 Å². The number of nitrogens with two attached hydrogens (primary N) is 1. The fourth-order valence-corrected chi connectivity index (χ4v) is 0.637. The first-order valence-corrected chi connectivity index (χ1v) is 3.78. The monoisotopic (exact) mass is 144 g/mol. The topological polar surface area (TPSA) is 55.1 Å². The van der Waals surface area contributed by atoms with E-state index in [-0.39, 0.29) is 5.91 Å². The van der Waals surface area contributed by atoms with Gasteiger partial charge in [-0.3, -0.25) is 4.79 Å². The minimum atomic E-state index is 0.118. The van der Waals surface area contributed by atoms with E-state index in [1.807, 2.05) is 0 Å². The van der Waals surface area contributed by atoms with Crippen LogP contribution in [0, 0.1) is 0 Å². The third-order valence-corrected chi connectivity index (χ3v) is 1.22. The molecule has 60 valence electrons. The second-order valence-electron chi connectivity index (χ2n) is 2.24. The molecule has 0 bridgehead atoms. The average molecular weight is 144 g/mol. The van der Waals surface area contributed by atoms with Gasteiger partial charge >= 0.3 is 0 Å². The summed E-state index contributed by atoms with van der Waals surface area (Å²) in [6, 6.07) is 0. The molecule has 0 rings (SSSR count). The van der Waals surface area contributed by atoms with Crippen molar-refractivity contribution in [1.29, 1.82) is 0 Å². The van der Waals surface area contributed by atoms with E-state index in [2.05, 4.69) is 12.2 Å². The molecular weight excluding hydrogens is 128 g/mol. The molecular formula is C7H16N2O. The van der Waals surface area contributed by atoms with Crippen LogP contribution in [0.25, 0.3) is 0 Å². The highest BCUT2D eigenvalue weighted by molar-refractivity contribution is 5.75. The minimum Gasteiger partial charge on any atom is -0.355 e. The summed E-state index contributed by atoms with van der Waals surface area (Å²) < 4.78 is 0. The van der Waals surface area contributed by atoms with Gasteiger partial charge in [0, 0.05) is 19.5 Å². The zero-order valence-electron chi connectivity index (χ0n) is 6.52. The molecule has 0 aliphatic heterocycles. The lowest BCUT2D eigenvalue weighted by molar-refractivity contribution is -0.121. The molecule has 0 unspecified atom stereocenters. The first-order valence-electron chi connectivity index (χ1n) is 3.78. The maximum Gasteiger partial charge on any atom is 0.220 e. The van der Waals surface area contributed by atoms with Gasteiger partial charge < -0.3 is 11.1 Å². The molecule has 3 nitrogen and oxygen atoms in total. The predicted molar refractivity (Wildman–Crippen MR) is 41.6 cm³/mol. The summed E-state index contributed by atoms with van der Waals surface area (Å²) in [7, 11) is 0. The number of rotatable bonds is 5. The highest BCUT2D eigenvalue weighted by Gasteiger charge is 1.96. The number of unbranched alkanes of at least 4 members (excludes halogenated alkanes) is 1. The van der Waals surface area contributed by atoms with E-state index >= 15 is 0 Å². The van der Waals surface area contributed by atoms with Crippen LogP contribution < -0.4 is 11.1 Å². The Labute approximate surface area is 62.0 Å². The summed E-state index contributed by atoms with van der Waals surface area (Å²) in [5.41, 5.74) is 5.19. The lowest BCUT2D eigenvalue weighted by atomic mass is 10.2. The summed E-state index contributed by atoms with van der Waals surface area (Å²) in [6.45, 7) is 3.19. The highest BCUT2D eigenvalue weighted by Crippen LogP contribution is 1.91. The third kappa shape index (κ3) is 5.56. The van der Waals surface area contributed by atoms with E-state index in [1.165, 1.54) is 0 Å². The van der Waals surface area contributed by atoms with Crippen molar-refractivity contribution in [3.8, 4) is 0 Å². The Bertz CT molecular complexity index is 83.6. The zero-order chi connectivity index (χ0) is 7.82. The van der Waals surface area contributed by atoms with E-state index in [1.54, 1.807) is 0 Å². The fraction of sp³-hybridized carbons (Fsp3) is 0.857. The maximum atomic E-state index is 10.8. The Morgan fingerprint density at radius 2 is 2.30 bits per heavy atom. The van der Waals surface area contributed by atoms with Gasteiger partial charge in [0.25, 0.3) is 0 Å². The number of carbonyl (C=O) groups excluding carboxylic acids is 1. The van der Waals surface area contributed by atoms with Crippen LogP contribution in [0.2, 0.25) is 0 Å². The summed E-state index contributed by atoms with van der Waals surface area (Å²) in [6.07, 6.45) is 2.67. The Kier molecular flexibility index (Phi) is 6.18. The second kappa shape index (κ2) is 6.55. The molecule has 0 aromatic carbocycles. The molecule has 0 radical (unpaired) electrons. The molecule has 0 aromatic rings. The molecule has 0 spiro atoms. The van der Waals surface area contributed by atoms with Gasteiger partial charge in [-0.05, 0) is 6.42 Å². The van der Waals surface area contributed by atoms with Gasteiger partial charge in [0.05, 0.1) is 0 Å². The standard InChI is InChI=1S/C7H16N2O/c1-2-3-4-7(10)9-6-5-8/h2-6,8H2,1H3,(H,9,10). The Morgan fingerprint density at radius 3 is 2.80 bits per heavy atom. The molecule has 0 heterocycles. The predicted octanol–water partition coefficient (Wildman–Crippen LogP) is 0.251. The minimum absolute atomic E-state index is 0.118. The molecule has 0 atom stereocenters. The van der Waals surface area contributed by atoms with Crippen LogP contribution >= 0.6 is 0 Å². The van der Waals surface area contributed by atoms with Crippen LogP contribution in [0.4, 0.5) is 0 Å². The summed E-state index contributed by atoms with van der Waals surface area (Å²) in [5.74, 6) is 0.118. The van der Waals surface area contributed by atoms with Crippen molar-refractivity contribution >= 4 is 5.91 Å². The van der Waals surface area contributed by atoms with Crippen LogP contribution in [0.15, 0.2) is 0 Å². The molecule has 0 saturated carbocycles. The van der Waals surface area contributed by atoms with Crippen molar-refractivity contribution in [3.63, 3.8) is 0 Å². The first-order chi connectivity index (χ1) is 4.81. The number of carbonyl (C=O) groups is 1. The van der Waals surface area contributed by atoms with Crippen molar-refractivity contribution in [2.75, 3.05) is 13.1 Å². The van der Waals surface area contributed by atoms with Crippen molar-refractivity contribution in [1.82, 2.24) is 5.32 Å². The van der Waals surface area contributed by atoms with Crippen LogP contribution in [0.3, 0.4) is 0 Å². The lowest BCUT2D eigenvalue weighted by Crippen LogP contribution is -2.28. The Hall–Kier alpha value is -0.570. The molecule has 1 amide bonds. The second-order valence-corrected chi connectivity index (χ2v) is 2.24. The van der Waals surface area contributed by atoms with E-state index in [0.717, 1.165) is 12.8 Å². The van der Waals surface area contributed by atoms with E-state index in [9.17, 15) is 4.79 Å². The number of amides is 1. The van der Waals surface area contributed by atoms with Crippen LogP contribution in [-0.2, 0) is 4.79 Å². The SMILES string of the molecule is CCCCC(=O)NCCN. The molecule has 10 heavy (non-hydrogen) atoms. The average Bonchev–Trinajstić information content (AvgIpc) is 1.97. The zero-order valence-corrected chi connectivity index (χ0v) is 6.52. The van der Waals surface area contributed by atoms with Crippen molar-refractivity contribution in [2.24, 2.45) is 5.73 Å². The molecule has 0 aromatic heterocycles. The van der Waals surface area contributed by atoms with E-state index in [4.69, 9.17) is 5.73 Å². The number of hydrogen-bond donors (Lipinski definition) is 2. The molecule has 3 heteroatoms. The normalized spacial score (nSPS) is 9.40. The molecule has 0 aliphatic rings. The van der Waals surface area contributed by atoms with E-state index < -0.39 is 0 Å².